The summed E-state index contributed by atoms with van der Waals surface area (Å²) >= 11 is 0. The van der Waals surface area contributed by atoms with Gasteiger partial charge >= 0.3 is 5.97 Å². The molecule has 0 bridgehead atoms. The molecule has 1 heterocycles. The summed E-state index contributed by atoms with van der Waals surface area (Å²) in [6.45, 7) is 9.71. The van der Waals surface area contributed by atoms with E-state index in [1.54, 1.807) is 12.5 Å². The third kappa shape index (κ3) is 4.15. The fourth-order valence-corrected chi connectivity index (χ4v) is 8.52. The number of carbonyl (C=O) groups excluding carboxylic acids is 2. The molecule has 5 aliphatic rings. The van der Waals surface area contributed by atoms with Gasteiger partial charge in [0, 0.05) is 13.0 Å². The van der Waals surface area contributed by atoms with Crippen LogP contribution in [0.1, 0.15) is 91.4 Å². The summed E-state index contributed by atoms with van der Waals surface area (Å²) in [5, 5.41) is 0. The molecule has 1 aliphatic heterocycles. The van der Waals surface area contributed by atoms with Crippen LogP contribution in [-0.2, 0) is 14.3 Å². The Kier molecular flexibility index (Phi) is 6.35. The zero-order valence-corrected chi connectivity index (χ0v) is 21.0. The molecule has 0 amide bonds. The quantitative estimate of drug-likeness (QED) is 0.386. The van der Waals surface area contributed by atoms with E-state index in [9.17, 15) is 9.59 Å². The first-order chi connectivity index (χ1) is 15.8. The van der Waals surface area contributed by atoms with Crippen molar-refractivity contribution in [3.8, 4) is 0 Å². The van der Waals surface area contributed by atoms with Gasteiger partial charge in [-0.3, -0.25) is 9.59 Å². The van der Waals surface area contributed by atoms with Gasteiger partial charge in [-0.2, -0.15) is 0 Å². The Hall–Kier alpha value is -1.42. The summed E-state index contributed by atoms with van der Waals surface area (Å²) in [7, 11) is 0. The van der Waals surface area contributed by atoms with Gasteiger partial charge < -0.3 is 9.64 Å². The lowest BCUT2D eigenvalue weighted by Gasteiger charge is -2.57. The molecule has 2 saturated carbocycles. The van der Waals surface area contributed by atoms with Crippen LogP contribution in [-0.4, -0.2) is 42.4 Å². The molecule has 4 nitrogen and oxygen atoms in total. The van der Waals surface area contributed by atoms with Crippen LogP contribution in [0.2, 0.25) is 0 Å². The lowest BCUT2D eigenvalue weighted by atomic mass is 9.47. The number of allylic oxidation sites excluding steroid dienone is 3. The van der Waals surface area contributed by atoms with Crippen LogP contribution in [0.15, 0.2) is 23.3 Å². The second-order valence-electron chi connectivity index (χ2n) is 12.1. The van der Waals surface area contributed by atoms with Gasteiger partial charge in [-0.25, -0.2) is 0 Å². The number of hydrogen-bond acceptors (Lipinski definition) is 4. The smallest absolute Gasteiger partial charge is 0.307 e. The van der Waals surface area contributed by atoms with Crippen molar-refractivity contribution in [1.29, 1.82) is 0 Å². The number of ketones is 1. The Morgan fingerprint density at radius 1 is 1.00 bits per heavy atom. The summed E-state index contributed by atoms with van der Waals surface area (Å²) in [5.74, 6) is 2.25. The summed E-state index contributed by atoms with van der Waals surface area (Å²) in [6.07, 6.45) is 16.8. The number of nitrogens with zero attached hydrogens (tertiary/aromatic N) is 1. The second-order valence-corrected chi connectivity index (χ2v) is 12.1. The number of Topliss-reactive ketones (excluding diaryl/α,β-unsaturated/α-hetero) is 1. The molecule has 33 heavy (non-hydrogen) atoms. The zero-order valence-electron chi connectivity index (χ0n) is 21.0. The number of esters is 1. The molecule has 0 spiro atoms. The molecular weight excluding hydrogens is 410 g/mol. The van der Waals surface area contributed by atoms with E-state index in [1.165, 1.54) is 25.7 Å². The predicted molar refractivity (Wildman–Crippen MR) is 131 cm³/mol. The molecular formula is C29H43NO3. The van der Waals surface area contributed by atoms with Crippen molar-refractivity contribution < 1.29 is 14.3 Å². The van der Waals surface area contributed by atoms with Gasteiger partial charge in [0.2, 0.25) is 0 Å². The maximum Gasteiger partial charge on any atom is 0.307 e. The summed E-state index contributed by atoms with van der Waals surface area (Å²) in [6, 6.07) is 0. The van der Waals surface area contributed by atoms with Gasteiger partial charge in [0.15, 0.2) is 5.78 Å². The molecule has 5 rings (SSSR count). The Bertz CT molecular complexity index is 853. The Labute approximate surface area is 200 Å². The Morgan fingerprint density at radius 2 is 1.76 bits per heavy atom. The fraction of sp³-hybridized carbons (Fsp3) is 0.793. The van der Waals surface area contributed by atoms with Crippen LogP contribution in [0, 0.1) is 28.6 Å². The molecule has 3 fully saturated rings. The standard InChI is InChI=1S/C29H43NO3/c1-20(31)24-9-10-25-23-8-7-21-19-22(33-27(32)13-18-30-16-5-4-6-17-30)11-14-28(21,2)26(23)12-15-29(24,25)3/h7,9,22-23,25-26H,4-6,8,10-19H2,1-3H3/t22-,23-,25+,26-,28-,29+/m0/s1. The molecule has 4 heteroatoms. The molecule has 6 atom stereocenters. The van der Waals surface area contributed by atoms with Gasteiger partial charge in [-0.15, -0.1) is 0 Å². The molecule has 0 radical (unpaired) electrons. The number of hydrogen-bond donors (Lipinski definition) is 0. The van der Waals surface area contributed by atoms with Crippen LogP contribution in [0.25, 0.3) is 0 Å². The molecule has 182 valence electrons. The highest BCUT2D eigenvalue weighted by molar-refractivity contribution is 5.95. The van der Waals surface area contributed by atoms with Crippen molar-refractivity contribution in [3.05, 3.63) is 23.3 Å². The molecule has 0 aromatic carbocycles. The number of carbonyl (C=O) groups is 2. The SMILES string of the molecule is CC(=O)C1=CC[C@@H]2[C@@H]3CC=C4C[C@@H](OC(=O)CCN5CCCCC5)CC[C@]4(C)[C@H]3CC[C@]12C. The third-order valence-corrected chi connectivity index (χ3v) is 10.4. The number of rotatable bonds is 5. The first kappa shape index (κ1) is 23.3. The topological polar surface area (TPSA) is 46.6 Å². The van der Waals surface area contributed by atoms with E-state index in [0.717, 1.165) is 63.7 Å². The first-order valence-corrected chi connectivity index (χ1v) is 13.6. The van der Waals surface area contributed by atoms with E-state index in [4.69, 9.17) is 4.74 Å². The Morgan fingerprint density at radius 3 is 2.52 bits per heavy atom. The van der Waals surface area contributed by atoms with Crippen LogP contribution in [0.4, 0.5) is 0 Å². The van der Waals surface area contributed by atoms with Crippen LogP contribution in [0.3, 0.4) is 0 Å². The predicted octanol–water partition coefficient (Wildman–Crippen LogP) is 5.86. The highest BCUT2D eigenvalue weighted by atomic mass is 16.5. The van der Waals surface area contributed by atoms with Crippen molar-refractivity contribution in [1.82, 2.24) is 4.90 Å². The normalized spacial score (nSPS) is 40.7. The van der Waals surface area contributed by atoms with Gasteiger partial charge in [0.25, 0.3) is 0 Å². The average molecular weight is 454 g/mol. The Balaban J connectivity index is 1.21. The number of likely N-dealkylation sites (tertiary alicyclic amines) is 1. The highest BCUT2D eigenvalue weighted by Gasteiger charge is 2.57. The van der Waals surface area contributed by atoms with Crippen molar-refractivity contribution in [2.75, 3.05) is 19.6 Å². The minimum absolute atomic E-state index is 0.00862. The number of piperidine rings is 1. The average Bonchev–Trinajstić information content (AvgIpc) is 3.16. The summed E-state index contributed by atoms with van der Waals surface area (Å²) in [5.41, 5.74) is 2.96. The van der Waals surface area contributed by atoms with Crippen LogP contribution in [0.5, 0.6) is 0 Å². The van der Waals surface area contributed by atoms with E-state index >= 15 is 0 Å². The van der Waals surface area contributed by atoms with Crippen LogP contribution < -0.4 is 0 Å². The van der Waals surface area contributed by atoms with Crippen molar-refractivity contribution in [2.45, 2.75) is 97.5 Å². The van der Waals surface area contributed by atoms with Gasteiger partial charge in [-0.1, -0.05) is 38.0 Å². The van der Waals surface area contributed by atoms with Gasteiger partial charge in [0.1, 0.15) is 6.10 Å². The molecule has 0 N–H and O–H groups in total. The van der Waals surface area contributed by atoms with E-state index < -0.39 is 0 Å². The molecule has 0 aromatic rings. The lowest BCUT2D eigenvalue weighted by molar-refractivity contribution is -0.151. The number of fused-ring (bicyclic) bond motifs is 5. The molecule has 1 saturated heterocycles. The third-order valence-electron chi connectivity index (χ3n) is 10.4. The van der Waals surface area contributed by atoms with Crippen molar-refractivity contribution in [3.63, 3.8) is 0 Å². The molecule has 0 aromatic heterocycles. The minimum atomic E-state index is -0.00862. The summed E-state index contributed by atoms with van der Waals surface area (Å²) in [4.78, 5) is 27.3. The minimum Gasteiger partial charge on any atom is -0.462 e. The van der Waals surface area contributed by atoms with E-state index in [1.807, 2.05) is 0 Å². The second kappa shape index (κ2) is 8.98. The zero-order chi connectivity index (χ0) is 23.2. The van der Waals surface area contributed by atoms with E-state index in [-0.39, 0.29) is 28.7 Å². The van der Waals surface area contributed by atoms with Gasteiger partial charge in [-0.05, 0) is 106 Å². The molecule has 4 aliphatic carbocycles. The maximum atomic E-state index is 12.6. The van der Waals surface area contributed by atoms with Gasteiger partial charge in [0.05, 0.1) is 6.42 Å². The highest BCUT2D eigenvalue weighted by Crippen LogP contribution is 2.65. The largest absolute Gasteiger partial charge is 0.462 e. The van der Waals surface area contributed by atoms with E-state index in [0.29, 0.717) is 24.2 Å². The summed E-state index contributed by atoms with van der Waals surface area (Å²) < 4.78 is 5.99. The first-order valence-electron chi connectivity index (χ1n) is 13.6. The van der Waals surface area contributed by atoms with Crippen molar-refractivity contribution >= 4 is 11.8 Å². The van der Waals surface area contributed by atoms with Crippen LogP contribution >= 0.6 is 0 Å². The van der Waals surface area contributed by atoms with Crippen molar-refractivity contribution in [2.24, 2.45) is 28.6 Å². The lowest BCUT2D eigenvalue weighted by Crippen LogP contribution is -2.50. The molecule has 0 unspecified atom stereocenters. The fourth-order valence-electron chi connectivity index (χ4n) is 8.52. The number of ether oxygens (including phenoxy) is 1. The van der Waals surface area contributed by atoms with E-state index in [2.05, 4.69) is 30.9 Å². The monoisotopic (exact) mass is 453 g/mol. The maximum absolute atomic E-state index is 12.6.